The van der Waals surface area contributed by atoms with Gasteiger partial charge >= 0.3 is 0 Å². The molecule has 4 nitrogen and oxygen atoms in total. The second-order valence-corrected chi connectivity index (χ2v) is 15.9. The predicted molar refractivity (Wildman–Crippen MR) is 260 cm³/mol. The number of para-hydroxylation sites is 1. The third-order valence-electron chi connectivity index (χ3n) is 12.1. The summed E-state index contributed by atoms with van der Waals surface area (Å²) in [4.78, 5) is 15.3. The lowest BCUT2D eigenvalue weighted by molar-refractivity contribution is 0.669. The zero-order valence-electron chi connectivity index (χ0n) is 34.1. The molecule has 0 unspecified atom stereocenters. The largest absolute Gasteiger partial charge is 0.456 e. The number of hydrogen-bond donors (Lipinski definition) is 0. The van der Waals surface area contributed by atoms with Crippen molar-refractivity contribution in [1.82, 2.24) is 15.0 Å². The molecule has 0 saturated heterocycles. The van der Waals surface area contributed by atoms with Crippen LogP contribution in [-0.4, -0.2) is 15.0 Å². The van der Waals surface area contributed by atoms with Crippen molar-refractivity contribution in [3.05, 3.63) is 224 Å². The fourth-order valence-electron chi connectivity index (χ4n) is 8.92. The first-order chi connectivity index (χ1) is 31.2. The van der Waals surface area contributed by atoms with E-state index >= 15 is 0 Å². The molecule has 0 aliphatic carbocycles. The molecule has 0 saturated carbocycles. The van der Waals surface area contributed by atoms with Crippen molar-refractivity contribution in [3.8, 4) is 78.5 Å². The minimum absolute atomic E-state index is 0.713. The van der Waals surface area contributed by atoms with Crippen LogP contribution in [0, 0.1) is 0 Å². The van der Waals surface area contributed by atoms with Crippen molar-refractivity contribution in [3.63, 3.8) is 0 Å². The van der Waals surface area contributed by atoms with Crippen molar-refractivity contribution in [1.29, 1.82) is 0 Å². The third-order valence-corrected chi connectivity index (χ3v) is 12.1. The lowest BCUT2D eigenvalue weighted by Gasteiger charge is -2.13. The van der Waals surface area contributed by atoms with E-state index in [0.29, 0.717) is 5.82 Å². The Balaban J connectivity index is 0.840. The summed E-state index contributed by atoms with van der Waals surface area (Å²) in [5.74, 6) is 0.713. The first kappa shape index (κ1) is 36.4. The molecule has 0 radical (unpaired) electrons. The van der Waals surface area contributed by atoms with Gasteiger partial charge in [0.05, 0.1) is 22.6 Å². The molecule has 3 heterocycles. The van der Waals surface area contributed by atoms with E-state index in [0.717, 1.165) is 99.8 Å². The Morgan fingerprint density at radius 3 is 1.33 bits per heavy atom. The van der Waals surface area contributed by atoms with Crippen molar-refractivity contribution < 1.29 is 4.42 Å². The summed E-state index contributed by atoms with van der Waals surface area (Å²) in [6.45, 7) is 0. The van der Waals surface area contributed by atoms with Crippen LogP contribution in [0.3, 0.4) is 0 Å². The number of benzene rings is 9. The highest BCUT2D eigenvalue weighted by Crippen LogP contribution is 2.42. The van der Waals surface area contributed by atoms with E-state index in [1.165, 1.54) is 16.5 Å². The Morgan fingerprint density at radius 2 is 0.730 bits per heavy atom. The highest BCUT2D eigenvalue weighted by Gasteiger charge is 2.18. The Bertz CT molecular complexity index is 3560. The molecule has 4 heteroatoms. The quantitative estimate of drug-likeness (QED) is 0.151. The van der Waals surface area contributed by atoms with Gasteiger partial charge in [0.15, 0.2) is 5.82 Å². The first-order valence-electron chi connectivity index (χ1n) is 21.2. The summed E-state index contributed by atoms with van der Waals surface area (Å²) >= 11 is 0. The Kier molecular flexibility index (Phi) is 8.79. The van der Waals surface area contributed by atoms with Gasteiger partial charge in [-0.1, -0.05) is 194 Å². The lowest BCUT2D eigenvalue weighted by Crippen LogP contribution is -1.95. The van der Waals surface area contributed by atoms with Crippen LogP contribution in [0.1, 0.15) is 0 Å². The summed E-state index contributed by atoms with van der Waals surface area (Å²) in [5.41, 5.74) is 16.6. The maximum atomic E-state index is 6.35. The fourth-order valence-corrected chi connectivity index (χ4v) is 8.92. The summed E-state index contributed by atoms with van der Waals surface area (Å²) in [6, 6.07) is 78.6. The van der Waals surface area contributed by atoms with Gasteiger partial charge < -0.3 is 4.42 Å². The normalized spacial score (nSPS) is 11.5. The maximum Gasteiger partial charge on any atom is 0.160 e. The average molecular weight is 804 g/mol. The number of pyridine rings is 1. The summed E-state index contributed by atoms with van der Waals surface area (Å²) in [6.07, 6.45) is 0. The average Bonchev–Trinajstić information content (AvgIpc) is 3.76. The van der Waals surface area contributed by atoms with E-state index in [4.69, 9.17) is 19.4 Å². The summed E-state index contributed by atoms with van der Waals surface area (Å²) in [7, 11) is 0. The van der Waals surface area contributed by atoms with Crippen LogP contribution < -0.4 is 0 Å². The molecule has 9 aromatic carbocycles. The Labute approximate surface area is 364 Å². The molecule has 0 amide bonds. The minimum Gasteiger partial charge on any atom is -0.456 e. The molecule has 0 bridgehead atoms. The number of nitrogens with zero attached hydrogens (tertiary/aromatic N) is 3. The van der Waals surface area contributed by atoms with E-state index in [-0.39, 0.29) is 0 Å². The minimum atomic E-state index is 0.713. The van der Waals surface area contributed by atoms with E-state index in [1.807, 2.05) is 54.6 Å². The van der Waals surface area contributed by atoms with Crippen LogP contribution in [0.4, 0.5) is 0 Å². The van der Waals surface area contributed by atoms with Gasteiger partial charge in [0.1, 0.15) is 11.2 Å². The molecule has 0 fully saturated rings. The summed E-state index contributed by atoms with van der Waals surface area (Å²) in [5, 5.41) is 5.64. The van der Waals surface area contributed by atoms with Crippen molar-refractivity contribution in [2.45, 2.75) is 0 Å². The van der Waals surface area contributed by atoms with E-state index in [1.54, 1.807) is 0 Å². The molecule has 0 aliphatic heterocycles. The van der Waals surface area contributed by atoms with Gasteiger partial charge in [-0.2, -0.15) is 0 Å². The Hall–Kier alpha value is -8.47. The lowest BCUT2D eigenvalue weighted by atomic mass is 9.94. The van der Waals surface area contributed by atoms with Gasteiger partial charge in [-0.3, -0.25) is 0 Å². The topological polar surface area (TPSA) is 51.8 Å². The number of fused-ring (bicyclic) bond motifs is 7. The van der Waals surface area contributed by atoms with Crippen molar-refractivity contribution in [2.24, 2.45) is 0 Å². The van der Waals surface area contributed by atoms with Crippen LogP contribution in [0.5, 0.6) is 0 Å². The zero-order chi connectivity index (χ0) is 41.7. The third kappa shape index (κ3) is 6.62. The van der Waals surface area contributed by atoms with Crippen molar-refractivity contribution in [2.75, 3.05) is 0 Å². The molecule has 12 rings (SSSR count). The van der Waals surface area contributed by atoms with E-state index in [2.05, 4.69) is 170 Å². The maximum absolute atomic E-state index is 6.35. The van der Waals surface area contributed by atoms with Gasteiger partial charge in [-0.05, 0) is 63.7 Å². The highest BCUT2D eigenvalue weighted by atomic mass is 16.3. The second kappa shape index (κ2) is 15.2. The SMILES string of the molecule is c1ccc(-c2cc(-c3ccc(-c4ccc(-c5ccc(-c6ccc7c(c6)nc(-c6ccccc6)c6ccc8oc9ccccc9c8c67)cc5)cc4)cc3)nc(-c3ccccc3)n2)cc1. The number of hydrogen-bond acceptors (Lipinski definition) is 4. The molecular formula is C59H37N3O. The number of furan rings is 1. The zero-order valence-corrected chi connectivity index (χ0v) is 34.1. The molecule has 0 atom stereocenters. The molecule has 294 valence electrons. The van der Waals surface area contributed by atoms with E-state index in [9.17, 15) is 0 Å². The standard InChI is InChI=1S/C59H37N3O/c1-4-12-43(13-5-1)51-37-52(62-59(61-51)46-16-8-3-9-17-46)44-30-28-41(29-31-44)39-22-20-38(21-23-39)40-24-26-42(27-25-40)47-32-33-48-53(36-47)60-58(45-14-6-2-7-15-45)50-34-35-55-57(56(48)50)49-18-10-11-19-54(49)63-55/h1-37H. The molecular weight excluding hydrogens is 767 g/mol. The van der Waals surface area contributed by atoms with Crippen LogP contribution in [-0.2, 0) is 0 Å². The van der Waals surface area contributed by atoms with Gasteiger partial charge in [-0.25, -0.2) is 15.0 Å². The molecule has 3 aromatic heterocycles. The summed E-state index contributed by atoms with van der Waals surface area (Å²) < 4.78 is 6.35. The molecule has 63 heavy (non-hydrogen) atoms. The number of aromatic nitrogens is 3. The fraction of sp³-hybridized carbons (Fsp3) is 0. The van der Waals surface area contributed by atoms with Crippen LogP contribution >= 0.6 is 0 Å². The van der Waals surface area contributed by atoms with Crippen LogP contribution in [0.15, 0.2) is 229 Å². The van der Waals surface area contributed by atoms with Gasteiger partial charge in [-0.15, -0.1) is 0 Å². The second-order valence-electron chi connectivity index (χ2n) is 15.9. The first-order valence-corrected chi connectivity index (χ1v) is 21.2. The monoisotopic (exact) mass is 803 g/mol. The van der Waals surface area contributed by atoms with Gasteiger partial charge in [0, 0.05) is 49.2 Å². The van der Waals surface area contributed by atoms with Gasteiger partial charge in [0.2, 0.25) is 0 Å². The number of rotatable bonds is 7. The Morgan fingerprint density at radius 1 is 0.270 bits per heavy atom. The van der Waals surface area contributed by atoms with E-state index < -0.39 is 0 Å². The van der Waals surface area contributed by atoms with Crippen molar-refractivity contribution >= 4 is 43.6 Å². The predicted octanol–water partition coefficient (Wildman–Crippen LogP) is 15.7. The molecule has 12 aromatic rings. The molecule has 0 spiro atoms. The van der Waals surface area contributed by atoms with Gasteiger partial charge in [0.25, 0.3) is 0 Å². The molecule has 0 N–H and O–H groups in total. The van der Waals surface area contributed by atoms with Crippen LogP contribution in [0.2, 0.25) is 0 Å². The smallest absolute Gasteiger partial charge is 0.160 e. The highest BCUT2D eigenvalue weighted by molar-refractivity contribution is 6.28. The van der Waals surface area contributed by atoms with Crippen LogP contribution in [0.25, 0.3) is 122 Å². The molecule has 0 aliphatic rings.